The number of alkyl halides is 2. The summed E-state index contributed by atoms with van der Waals surface area (Å²) in [5.41, 5.74) is -0.164. The third kappa shape index (κ3) is 4.34. The van der Waals surface area contributed by atoms with Crippen LogP contribution in [-0.2, 0) is 4.79 Å². The van der Waals surface area contributed by atoms with Gasteiger partial charge in [-0.25, -0.2) is 4.79 Å². The molecule has 2 N–H and O–H groups in total. The number of amides is 1. The van der Waals surface area contributed by atoms with E-state index in [0.29, 0.717) is 0 Å². The molecule has 0 aliphatic carbocycles. The Morgan fingerprint density at radius 3 is 2.60 bits per heavy atom. The molecule has 108 valence electrons. The lowest BCUT2D eigenvalue weighted by molar-refractivity contribution is -0.139. The lowest BCUT2D eigenvalue weighted by Gasteiger charge is -2.14. The zero-order valence-electron chi connectivity index (χ0n) is 10.4. The van der Waals surface area contributed by atoms with Gasteiger partial charge in [-0.1, -0.05) is 18.2 Å². The van der Waals surface area contributed by atoms with Crippen LogP contribution in [0.1, 0.15) is 16.8 Å². The maximum atomic E-state index is 12.2. The number of hydrogen-bond acceptors (Lipinski definition) is 3. The van der Waals surface area contributed by atoms with Gasteiger partial charge in [0.2, 0.25) is 0 Å². The van der Waals surface area contributed by atoms with E-state index in [1.165, 1.54) is 30.3 Å². The molecule has 0 saturated heterocycles. The van der Waals surface area contributed by atoms with Gasteiger partial charge in [0.25, 0.3) is 5.91 Å². The van der Waals surface area contributed by atoms with E-state index in [0.717, 1.165) is 0 Å². The second kappa shape index (κ2) is 7.22. The van der Waals surface area contributed by atoms with Crippen LogP contribution in [0.2, 0.25) is 0 Å². The van der Waals surface area contributed by atoms with Gasteiger partial charge in [-0.2, -0.15) is 8.78 Å². The number of aliphatic carboxylic acids is 1. The molecule has 1 unspecified atom stereocenters. The Morgan fingerprint density at radius 1 is 1.40 bits per heavy atom. The quantitative estimate of drug-likeness (QED) is 0.752. The third-order valence-electron chi connectivity index (χ3n) is 2.35. The van der Waals surface area contributed by atoms with Gasteiger partial charge in [0.1, 0.15) is 11.8 Å². The van der Waals surface area contributed by atoms with Crippen LogP contribution in [-0.4, -0.2) is 29.6 Å². The molecular weight excluding hydrogens is 272 g/mol. The topological polar surface area (TPSA) is 75.6 Å². The second-order valence-electron chi connectivity index (χ2n) is 3.76. The summed E-state index contributed by atoms with van der Waals surface area (Å²) in [7, 11) is 0. The van der Waals surface area contributed by atoms with Crippen LogP contribution < -0.4 is 10.1 Å². The zero-order chi connectivity index (χ0) is 15.1. The first kappa shape index (κ1) is 15.6. The third-order valence-corrected chi connectivity index (χ3v) is 2.35. The number of rotatable bonds is 7. The first-order chi connectivity index (χ1) is 9.45. The Bertz CT molecular complexity index is 505. The number of para-hydroxylation sites is 1. The fourth-order valence-electron chi connectivity index (χ4n) is 1.48. The van der Waals surface area contributed by atoms with Crippen molar-refractivity contribution in [1.82, 2.24) is 5.32 Å². The average Bonchev–Trinajstić information content (AvgIpc) is 2.37. The van der Waals surface area contributed by atoms with Gasteiger partial charge in [-0.05, 0) is 18.6 Å². The van der Waals surface area contributed by atoms with Crippen molar-refractivity contribution < 1.29 is 28.2 Å². The van der Waals surface area contributed by atoms with Crippen LogP contribution in [0.5, 0.6) is 5.75 Å². The highest BCUT2D eigenvalue weighted by Crippen LogP contribution is 2.20. The molecule has 5 nitrogen and oxygen atoms in total. The van der Waals surface area contributed by atoms with Gasteiger partial charge >= 0.3 is 12.6 Å². The number of ether oxygens (including phenoxy) is 1. The van der Waals surface area contributed by atoms with E-state index < -0.39 is 24.5 Å². The van der Waals surface area contributed by atoms with E-state index in [2.05, 4.69) is 16.6 Å². The Labute approximate surface area is 113 Å². The molecule has 1 aromatic rings. The fourth-order valence-corrected chi connectivity index (χ4v) is 1.48. The molecule has 0 heterocycles. The molecule has 0 saturated carbocycles. The van der Waals surface area contributed by atoms with Crippen molar-refractivity contribution in [3.63, 3.8) is 0 Å². The fraction of sp³-hybridized carbons (Fsp3) is 0.231. The normalized spacial score (nSPS) is 11.8. The van der Waals surface area contributed by atoms with E-state index in [1.807, 2.05) is 0 Å². The second-order valence-corrected chi connectivity index (χ2v) is 3.76. The number of nitrogens with one attached hydrogen (secondary N) is 1. The van der Waals surface area contributed by atoms with Gasteiger partial charge in [-0.15, -0.1) is 6.58 Å². The molecule has 0 aromatic heterocycles. The molecule has 0 radical (unpaired) electrons. The minimum absolute atomic E-state index is 0.0128. The Hall–Kier alpha value is -2.44. The summed E-state index contributed by atoms with van der Waals surface area (Å²) in [5, 5.41) is 11.1. The number of halogens is 2. The smallest absolute Gasteiger partial charge is 0.387 e. The number of carboxylic acid groups (broad SMARTS) is 1. The molecule has 0 bridgehead atoms. The van der Waals surface area contributed by atoms with E-state index in [4.69, 9.17) is 5.11 Å². The highest BCUT2D eigenvalue weighted by molar-refractivity contribution is 5.98. The van der Waals surface area contributed by atoms with Crippen LogP contribution in [0.3, 0.4) is 0 Å². The van der Waals surface area contributed by atoms with Gasteiger partial charge < -0.3 is 15.2 Å². The van der Waals surface area contributed by atoms with Crippen molar-refractivity contribution in [2.45, 2.75) is 19.1 Å². The van der Waals surface area contributed by atoms with Crippen molar-refractivity contribution in [3.05, 3.63) is 42.5 Å². The van der Waals surface area contributed by atoms with Crippen LogP contribution in [0.4, 0.5) is 8.78 Å². The monoisotopic (exact) mass is 285 g/mol. The molecule has 0 spiro atoms. The SMILES string of the molecule is C=CCC(NC(=O)c1ccccc1OC(F)F)C(=O)O. The average molecular weight is 285 g/mol. The summed E-state index contributed by atoms with van der Waals surface area (Å²) in [4.78, 5) is 22.8. The summed E-state index contributed by atoms with van der Waals surface area (Å²) in [6, 6.07) is 4.16. The molecule has 1 atom stereocenters. The van der Waals surface area contributed by atoms with Crippen molar-refractivity contribution in [2.24, 2.45) is 0 Å². The summed E-state index contributed by atoms with van der Waals surface area (Å²) < 4.78 is 28.6. The Morgan fingerprint density at radius 2 is 2.05 bits per heavy atom. The summed E-state index contributed by atoms with van der Waals surface area (Å²) >= 11 is 0. The predicted molar refractivity (Wildman–Crippen MR) is 66.8 cm³/mol. The largest absolute Gasteiger partial charge is 0.480 e. The first-order valence-corrected chi connectivity index (χ1v) is 5.64. The molecule has 0 aliphatic rings. The van der Waals surface area contributed by atoms with Crippen LogP contribution >= 0.6 is 0 Å². The maximum Gasteiger partial charge on any atom is 0.387 e. The van der Waals surface area contributed by atoms with Crippen LogP contribution in [0, 0.1) is 0 Å². The number of carbonyl (C=O) groups excluding carboxylic acids is 1. The lowest BCUT2D eigenvalue weighted by Crippen LogP contribution is -2.40. The standard InChI is InChI=1S/C13H13F2NO4/c1-2-5-9(12(18)19)16-11(17)8-6-3-4-7-10(8)20-13(14)15/h2-4,6-7,9,13H,1,5H2,(H,16,17)(H,18,19). The van der Waals surface area contributed by atoms with Gasteiger partial charge in [-0.3, -0.25) is 4.79 Å². The number of hydrogen-bond donors (Lipinski definition) is 2. The van der Waals surface area contributed by atoms with E-state index in [9.17, 15) is 18.4 Å². The number of carboxylic acids is 1. The Kier molecular flexibility index (Phi) is 5.64. The van der Waals surface area contributed by atoms with Gasteiger partial charge in [0.15, 0.2) is 0 Å². The van der Waals surface area contributed by atoms with Crippen LogP contribution in [0.25, 0.3) is 0 Å². The van der Waals surface area contributed by atoms with E-state index in [-0.39, 0.29) is 17.7 Å². The molecule has 1 rings (SSSR count). The molecule has 20 heavy (non-hydrogen) atoms. The van der Waals surface area contributed by atoms with Crippen molar-refractivity contribution in [1.29, 1.82) is 0 Å². The number of benzene rings is 1. The highest BCUT2D eigenvalue weighted by atomic mass is 19.3. The predicted octanol–water partition coefficient (Wildman–Crippen LogP) is 2.05. The van der Waals surface area contributed by atoms with E-state index >= 15 is 0 Å². The molecule has 1 aromatic carbocycles. The minimum Gasteiger partial charge on any atom is -0.480 e. The summed E-state index contributed by atoms with van der Waals surface area (Å²) in [6.45, 7) is 0.305. The van der Waals surface area contributed by atoms with Crippen LogP contribution in [0.15, 0.2) is 36.9 Å². The molecule has 7 heteroatoms. The van der Waals surface area contributed by atoms with Crippen molar-refractivity contribution >= 4 is 11.9 Å². The lowest BCUT2D eigenvalue weighted by atomic mass is 10.1. The highest BCUT2D eigenvalue weighted by Gasteiger charge is 2.22. The molecular formula is C13H13F2NO4. The molecule has 0 fully saturated rings. The Balaban J connectivity index is 2.91. The molecule has 1 amide bonds. The first-order valence-electron chi connectivity index (χ1n) is 5.64. The summed E-state index contributed by atoms with van der Waals surface area (Å²) in [5.74, 6) is -2.37. The summed E-state index contributed by atoms with van der Waals surface area (Å²) in [6.07, 6.45) is 1.35. The number of carbonyl (C=O) groups is 2. The molecule has 0 aliphatic heterocycles. The van der Waals surface area contributed by atoms with E-state index in [1.54, 1.807) is 0 Å². The van der Waals surface area contributed by atoms with Gasteiger partial charge in [0.05, 0.1) is 5.56 Å². The van der Waals surface area contributed by atoms with Crippen molar-refractivity contribution in [2.75, 3.05) is 0 Å². The maximum absolute atomic E-state index is 12.2. The van der Waals surface area contributed by atoms with Gasteiger partial charge in [0, 0.05) is 0 Å². The van der Waals surface area contributed by atoms with Crippen molar-refractivity contribution in [3.8, 4) is 5.75 Å². The zero-order valence-corrected chi connectivity index (χ0v) is 10.4. The minimum atomic E-state index is -3.08.